The lowest BCUT2D eigenvalue weighted by molar-refractivity contribution is -0.149. The summed E-state index contributed by atoms with van der Waals surface area (Å²) in [7, 11) is 0. The second-order valence-electron chi connectivity index (χ2n) is 23.7. The van der Waals surface area contributed by atoms with Crippen LogP contribution < -0.4 is 16.0 Å². The van der Waals surface area contributed by atoms with Crippen molar-refractivity contribution in [3.05, 3.63) is 50.6 Å². The van der Waals surface area contributed by atoms with Crippen molar-refractivity contribution in [2.45, 2.75) is 193 Å². The molecule has 1 aliphatic rings. The Hall–Kier alpha value is -5.96. The Kier molecular flexibility index (Phi) is 57.6. The minimum atomic E-state index is -0.572. The van der Waals surface area contributed by atoms with Crippen LogP contribution in [0.1, 0.15) is 193 Å². The van der Waals surface area contributed by atoms with Crippen molar-refractivity contribution < 1.29 is 90.5 Å². The SMILES string of the molecule is C=CCOCC(CC)(COCC=C)COCNCCCCCCN1CN(CCCCCCNCOCCCCCC(=O)OCCCCCC(=O)OCCOC(=O)C=C)C(=O)N(CCCCCCNC(=O)OCCCCCC(=O)OCCCCCC(=O)OCCOC(=O)C=C)C1. The van der Waals surface area contributed by atoms with Gasteiger partial charge in [-0.1, -0.05) is 77.2 Å². The van der Waals surface area contributed by atoms with Crippen molar-refractivity contribution in [2.75, 3.05) is 152 Å². The van der Waals surface area contributed by atoms with E-state index >= 15 is 0 Å². The zero-order valence-corrected chi connectivity index (χ0v) is 58.0. The number of amides is 3. The van der Waals surface area contributed by atoms with Gasteiger partial charge in [-0.2, -0.15) is 0 Å². The average molecular weight is 1350 g/mol. The number of alkyl carbamates (subject to hydrolysis) is 1. The lowest BCUT2D eigenvalue weighted by atomic mass is 9.88. The number of nitrogens with one attached hydrogen (secondary N) is 3. The van der Waals surface area contributed by atoms with Crippen LogP contribution in [0.25, 0.3) is 0 Å². The summed E-state index contributed by atoms with van der Waals surface area (Å²) in [5.74, 6) is -2.37. The van der Waals surface area contributed by atoms with Crippen LogP contribution in [-0.4, -0.2) is 215 Å². The van der Waals surface area contributed by atoms with E-state index in [1.165, 1.54) is 0 Å². The fourth-order valence-electron chi connectivity index (χ4n) is 9.80. The summed E-state index contributed by atoms with van der Waals surface area (Å²) < 4.78 is 58.9. The maximum absolute atomic E-state index is 13.9. The molecule has 0 aromatic rings. The van der Waals surface area contributed by atoms with Crippen LogP contribution in [0.4, 0.5) is 9.59 Å². The average Bonchev–Trinajstić information content (AvgIpc) is 0.874. The maximum atomic E-state index is 13.9. The molecule has 1 fully saturated rings. The van der Waals surface area contributed by atoms with E-state index in [9.17, 15) is 38.4 Å². The zero-order chi connectivity index (χ0) is 69.3. The number of unbranched alkanes of at least 4 members (excludes halogenated alkanes) is 17. The highest BCUT2D eigenvalue weighted by Crippen LogP contribution is 2.24. The maximum Gasteiger partial charge on any atom is 0.407 e. The molecule has 0 bridgehead atoms. The molecule has 0 atom stereocenters. The number of hydrogen-bond acceptors (Lipinski definition) is 22. The highest BCUT2D eigenvalue weighted by atomic mass is 16.6. The molecular weight excluding hydrogens is 1230 g/mol. The van der Waals surface area contributed by atoms with Crippen LogP contribution >= 0.6 is 0 Å². The molecule has 95 heavy (non-hydrogen) atoms. The first-order valence-electron chi connectivity index (χ1n) is 35.1. The van der Waals surface area contributed by atoms with Gasteiger partial charge in [0.05, 0.1) is 79.7 Å². The Morgan fingerprint density at radius 1 is 0.411 bits per heavy atom. The van der Waals surface area contributed by atoms with Gasteiger partial charge >= 0.3 is 47.9 Å². The van der Waals surface area contributed by atoms with E-state index < -0.39 is 18.0 Å². The quantitative estimate of drug-likeness (QED) is 0.0127. The van der Waals surface area contributed by atoms with Crippen LogP contribution in [-0.2, 0) is 80.9 Å². The first kappa shape index (κ1) is 87.1. The highest BCUT2D eigenvalue weighted by molar-refractivity contribution is 5.81. The number of carbonyl (C=O) groups is 8. The number of ether oxygens (including phenoxy) is 11. The smallest absolute Gasteiger partial charge is 0.407 e. The number of esters is 6. The summed E-state index contributed by atoms with van der Waals surface area (Å²) in [4.78, 5) is 102. The van der Waals surface area contributed by atoms with Crippen LogP contribution in [0.3, 0.4) is 0 Å². The standard InChI is InChI=1S/C70H122N6O19/c1-6-45-85-55-70(10-5,56-86-46-7-2)57-88-59-72-40-25-11-14-28-42-74-60-75(43-29-15-12-26-39-71-58-87-47-31-17-21-35-64(79)89-48-32-18-22-37-66(81)93-53-51-91-62(77)8-3)69(84)76(61-74)44-30-16-13-27-41-73-68(83)95-50-34-20-24-36-65(80)90-49-33-19-23-38-67(82)94-54-52-92-63(78)9-4/h6-9,71-72H,1-4,10-61H2,5H3,(H,73,83). The second kappa shape index (κ2) is 62.8. The number of carbonyl (C=O) groups excluding carboxylic acids is 8. The summed E-state index contributed by atoms with van der Waals surface area (Å²) >= 11 is 0. The van der Waals surface area contributed by atoms with Crippen LogP contribution in [0.5, 0.6) is 0 Å². The van der Waals surface area contributed by atoms with E-state index in [-0.39, 0.29) is 94.2 Å². The zero-order valence-electron chi connectivity index (χ0n) is 58.0. The fraction of sp³-hybridized carbons (Fsp3) is 0.771. The summed E-state index contributed by atoms with van der Waals surface area (Å²) in [6.45, 7) is 26.9. The van der Waals surface area contributed by atoms with Gasteiger partial charge in [-0.15, -0.1) is 13.2 Å². The van der Waals surface area contributed by atoms with E-state index in [2.05, 4.69) is 54.1 Å². The molecule has 0 unspecified atom stereocenters. The van der Waals surface area contributed by atoms with Gasteiger partial charge in [0, 0.05) is 76.0 Å². The molecule has 25 heteroatoms. The minimum Gasteiger partial charge on any atom is -0.466 e. The van der Waals surface area contributed by atoms with Crippen molar-refractivity contribution in [1.29, 1.82) is 0 Å². The molecule has 0 aromatic heterocycles. The van der Waals surface area contributed by atoms with Crippen molar-refractivity contribution >= 4 is 47.9 Å². The predicted molar refractivity (Wildman–Crippen MR) is 362 cm³/mol. The number of hydrogen-bond donors (Lipinski definition) is 3. The number of nitrogens with zero attached hydrogens (tertiary/aromatic N) is 3. The number of rotatable bonds is 68. The third-order valence-electron chi connectivity index (χ3n) is 15.4. The highest BCUT2D eigenvalue weighted by Gasteiger charge is 2.31. The molecule has 1 heterocycles. The number of urea groups is 1. The van der Waals surface area contributed by atoms with E-state index in [1.54, 1.807) is 12.2 Å². The van der Waals surface area contributed by atoms with Gasteiger partial charge < -0.3 is 67.2 Å². The Morgan fingerprint density at radius 2 is 0.779 bits per heavy atom. The van der Waals surface area contributed by atoms with Gasteiger partial charge in [-0.3, -0.25) is 34.7 Å². The molecule has 1 rings (SSSR count). The topological polar surface area (TPSA) is 284 Å². The van der Waals surface area contributed by atoms with Crippen LogP contribution in [0.15, 0.2) is 50.6 Å². The van der Waals surface area contributed by atoms with Crippen molar-refractivity contribution in [3.63, 3.8) is 0 Å². The summed E-state index contributed by atoms with van der Waals surface area (Å²) in [6, 6.07) is 0.0962. The monoisotopic (exact) mass is 1350 g/mol. The van der Waals surface area contributed by atoms with Crippen LogP contribution in [0.2, 0.25) is 0 Å². The third kappa shape index (κ3) is 52.9. The molecule has 1 saturated heterocycles. The van der Waals surface area contributed by atoms with E-state index in [4.69, 9.17) is 52.1 Å². The molecular formula is C70H122N6O19. The largest absolute Gasteiger partial charge is 0.466 e. The summed E-state index contributed by atoms with van der Waals surface area (Å²) in [5, 5.41) is 9.62. The normalized spacial score (nSPS) is 12.4. The van der Waals surface area contributed by atoms with E-state index in [1.807, 2.05) is 9.80 Å². The molecule has 1 aliphatic heterocycles. The van der Waals surface area contributed by atoms with Crippen molar-refractivity contribution in [3.8, 4) is 0 Å². The van der Waals surface area contributed by atoms with Crippen molar-refractivity contribution in [1.82, 2.24) is 30.7 Å². The van der Waals surface area contributed by atoms with Crippen molar-refractivity contribution in [2.24, 2.45) is 5.41 Å². The Labute approximate surface area is 568 Å². The van der Waals surface area contributed by atoms with Crippen LogP contribution in [0, 0.1) is 5.41 Å². The second-order valence-corrected chi connectivity index (χ2v) is 23.7. The first-order valence-corrected chi connectivity index (χ1v) is 35.1. The molecule has 0 saturated carbocycles. The van der Waals surface area contributed by atoms with E-state index in [0.29, 0.717) is 150 Å². The Morgan fingerprint density at radius 3 is 1.22 bits per heavy atom. The molecule has 3 N–H and O–H groups in total. The van der Waals surface area contributed by atoms with Gasteiger partial charge in [0.1, 0.15) is 26.4 Å². The molecule has 0 aromatic carbocycles. The van der Waals surface area contributed by atoms with Gasteiger partial charge in [0.15, 0.2) is 0 Å². The van der Waals surface area contributed by atoms with Gasteiger partial charge in [-0.25, -0.2) is 19.2 Å². The summed E-state index contributed by atoms with van der Waals surface area (Å²) in [6.07, 6.45) is 27.3. The van der Waals surface area contributed by atoms with Gasteiger partial charge in [0.25, 0.3) is 0 Å². The lowest BCUT2D eigenvalue weighted by Gasteiger charge is -2.42. The minimum absolute atomic E-state index is 0.00628. The first-order chi connectivity index (χ1) is 46.3. The Bertz CT molecular complexity index is 2060. The molecule has 0 aliphatic carbocycles. The third-order valence-corrected chi connectivity index (χ3v) is 15.4. The molecule has 3 amide bonds. The fourth-order valence-corrected chi connectivity index (χ4v) is 9.80. The van der Waals surface area contributed by atoms with Gasteiger partial charge in [-0.05, 0) is 129 Å². The molecule has 0 spiro atoms. The summed E-state index contributed by atoms with van der Waals surface area (Å²) in [5.41, 5.74) is -0.238. The molecule has 0 radical (unpaired) electrons. The van der Waals surface area contributed by atoms with E-state index in [0.717, 1.165) is 141 Å². The lowest BCUT2D eigenvalue weighted by Crippen LogP contribution is -2.58. The molecule has 546 valence electrons. The Balaban J connectivity index is 2.36. The molecule has 25 nitrogen and oxygen atoms in total. The predicted octanol–water partition coefficient (Wildman–Crippen LogP) is 10.2. The van der Waals surface area contributed by atoms with Gasteiger partial charge in [0.2, 0.25) is 0 Å².